The van der Waals surface area contributed by atoms with Crippen LogP contribution in [0, 0.1) is 12.8 Å². The smallest absolute Gasteiger partial charge is 0.226 e. The molecule has 1 aromatic heterocycles. The molecule has 2 atom stereocenters. The van der Waals surface area contributed by atoms with E-state index in [0.717, 1.165) is 62.2 Å². The highest BCUT2D eigenvalue weighted by atomic mass is 35.5. The number of benzene rings is 2. The third-order valence-corrected chi connectivity index (χ3v) is 7.17. The van der Waals surface area contributed by atoms with Crippen LogP contribution in [0.15, 0.2) is 52.9 Å². The van der Waals surface area contributed by atoms with Crippen molar-refractivity contribution in [3.63, 3.8) is 0 Å². The van der Waals surface area contributed by atoms with E-state index in [1.165, 1.54) is 11.1 Å². The summed E-state index contributed by atoms with van der Waals surface area (Å²) < 4.78 is 5.93. The third kappa shape index (κ3) is 4.99. The lowest BCUT2D eigenvalue weighted by Crippen LogP contribution is -2.44. The van der Waals surface area contributed by atoms with Crippen LogP contribution in [0.4, 0.5) is 0 Å². The molecule has 1 fully saturated rings. The summed E-state index contributed by atoms with van der Waals surface area (Å²) in [5.74, 6) is 1.63. The summed E-state index contributed by atoms with van der Waals surface area (Å²) in [7, 11) is 0. The number of fused-ring (bicyclic) bond motifs is 1. The van der Waals surface area contributed by atoms with Crippen LogP contribution in [0.2, 0.25) is 5.02 Å². The maximum absolute atomic E-state index is 13.2. The van der Waals surface area contributed by atoms with E-state index < -0.39 is 0 Å². The molecule has 1 aliphatic heterocycles. The van der Waals surface area contributed by atoms with Gasteiger partial charge < -0.3 is 9.73 Å². The van der Waals surface area contributed by atoms with Crippen molar-refractivity contribution in [1.82, 2.24) is 15.2 Å². The number of hydrogen-bond acceptors (Lipinski definition) is 4. The molecular formula is C27H30ClN3O2. The fraction of sp³-hybridized carbons (Fsp3) is 0.407. The minimum absolute atomic E-state index is 0.00998. The molecule has 1 amide bonds. The van der Waals surface area contributed by atoms with Crippen LogP contribution in [0.1, 0.15) is 54.3 Å². The highest BCUT2D eigenvalue weighted by Gasteiger charge is 2.29. The first kappa shape index (κ1) is 22.2. The van der Waals surface area contributed by atoms with Crippen molar-refractivity contribution in [2.75, 3.05) is 13.1 Å². The number of carbonyl (C=O) groups is 1. The summed E-state index contributed by atoms with van der Waals surface area (Å²) in [6, 6.07) is 16.2. The first-order valence-corrected chi connectivity index (χ1v) is 12.3. The molecule has 33 heavy (non-hydrogen) atoms. The molecule has 2 heterocycles. The summed E-state index contributed by atoms with van der Waals surface area (Å²) in [4.78, 5) is 20.2. The van der Waals surface area contributed by atoms with E-state index in [1.54, 1.807) is 0 Å². The molecule has 0 spiro atoms. The van der Waals surface area contributed by atoms with Gasteiger partial charge in [0.2, 0.25) is 11.8 Å². The summed E-state index contributed by atoms with van der Waals surface area (Å²) in [5.41, 5.74) is 4.51. The minimum Gasteiger partial charge on any atom is -0.441 e. The van der Waals surface area contributed by atoms with E-state index in [4.69, 9.17) is 21.0 Å². The van der Waals surface area contributed by atoms with Crippen LogP contribution < -0.4 is 5.32 Å². The van der Waals surface area contributed by atoms with E-state index >= 15 is 0 Å². The molecule has 0 bridgehead atoms. The van der Waals surface area contributed by atoms with Gasteiger partial charge in [0.25, 0.3) is 0 Å². The lowest BCUT2D eigenvalue weighted by molar-refractivity contribution is -0.127. The molecule has 2 aliphatic rings. The third-order valence-electron chi connectivity index (χ3n) is 6.92. The first-order valence-electron chi connectivity index (χ1n) is 11.9. The average molecular weight is 464 g/mol. The van der Waals surface area contributed by atoms with Crippen molar-refractivity contribution >= 4 is 17.5 Å². The maximum Gasteiger partial charge on any atom is 0.226 e. The molecule has 1 aliphatic carbocycles. The molecule has 0 saturated carbocycles. The monoisotopic (exact) mass is 463 g/mol. The number of amides is 1. The summed E-state index contributed by atoms with van der Waals surface area (Å²) >= 11 is 6.00. The van der Waals surface area contributed by atoms with Gasteiger partial charge in [-0.3, -0.25) is 9.69 Å². The molecule has 0 unspecified atom stereocenters. The van der Waals surface area contributed by atoms with Gasteiger partial charge in [0, 0.05) is 23.7 Å². The van der Waals surface area contributed by atoms with Gasteiger partial charge in [-0.25, -0.2) is 4.98 Å². The number of rotatable bonds is 5. The van der Waals surface area contributed by atoms with E-state index in [0.29, 0.717) is 17.5 Å². The molecule has 2 aromatic carbocycles. The van der Waals surface area contributed by atoms with Gasteiger partial charge in [-0.15, -0.1) is 0 Å². The largest absolute Gasteiger partial charge is 0.441 e. The lowest BCUT2D eigenvalue weighted by Gasteiger charge is -2.33. The number of likely N-dealkylation sites (tertiary alicyclic amines) is 1. The van der Waals surface area contributed by atoms with Crippen molar-refractivity contribution in [3.8, 4) is 11.5 Å². The molecule has 3 aromatic rings. The quantitative estimate of drug-likeness (QED) is 0.526. The fourth-order valence-electron chi connectivity index (χ4n) is 5.11. The van der Waals surface area contributed by atoms with Crippen LogP contribution in [0.5, 0.6) is 0 Å². The van der Waals surface area contributed by atoms with Crippen LogP contribution in [-0.4, -0.2) is 28.9 Å². The minimum atomic E-state index is 0.00998. The van der Waals surface area contributed by atoms with Gasteiger partial charge in [0.1, 0.15) is 5.76 Å². The van der Waals surface area contributed by atoms with E-state index in [9.17, 15) is 4.79 Å². The number of halogens is 1. The predicted molar refractivity (Wildman–Crippen MR) is 130 cm³/mol. The van der Waals surface area contributed by atoms with Crippen LogP contribution in [-0.2, 0) is 17.8 Å². The molecule has 5 rings (SSSR count). The zero-order chi connectivity index (χ0) is 22.8. The Balaban J connectivity index is 1.23. The van der Waals surface area contributed by atoms with Crippen molar-refractivity contribution in [3.05, 3.63) is 76.1 Å². The zero-order valence-corrected chi connectivity index (χ0v) is 19.8. The number of nitrogens with zero attached hydrogens (tertiary/aromatic N) is 2. The topological polar surface area (TPSA) is 58.4 Å². The Hall–Kier alpha value is -2.63. The Morgan fingerprint density at radius 1 is 1.15 bits per heavy atom. The molecule has 1 saturated heterocycles. The molecule has 0 radical (unpaired) electrons. The highest BCUT2D eigenvalue weighted by molar-refractivity contribution is 6.30. The summed E-state index contributed by atoms with van der Waals surface area (Å²) in [6.07, 6.45) is 5.20. The number of hydrogen-bond donors (Lipinski definition) is 1. The standard InChI is InChI=1S/C27H30ClN3O2/c1-18-25(30-27(33-18)20-11-13-22(28)14-12-20)17-31-15-5-8-21(16-31)26(32)29-24-10-4-7-19-6-2-3-9-23(19)24/h2-3,6,9,11-14,21,24H,4-5,7-8,10,15-17H2,1H3,(H,29,32)/t21-,24-/m0/s1. The van der Waals surface area contributed by atoms with Crippen LogP contribution in [0.3, 0.4) is 0 Å². The second-order valence-corrected chi connectivity index (χ2v) is 9.69. The maximum atomic E-state index is 13.2. The lowest BCUT2D eigenvalue weighted by atomic mass is 9.87. The van der Waals surface area contributed by atoms with Crippen molar-refractivity contribution in [1.29, 1.82) is 0 Å². The SMILES string of the molecule is Cc1oc(-c2ccc(Cl)cc2)nc1CN1CCC[C@H](C(=O)N[C@H]2CCCc3ccccc32)C1. The molecular weight excluding hydrogens is 434 g/mol. The number of carbonyl (C=O) groups excluding carboxylic acids is 1. The molecule has 6 heteroatoms. The van der Waals surface area contributed by atoms with Gasteiger partial charge in [-0.2, -0.15) is 0 Å². The highest BCUT2D eigenvalue weighted by Crippen LogP contribution is 2.31. The summed E-state index contributed by atoms with van der Waals surface area (Å²) in [5, 5.41) is 4.05. The number of piperidine rings is 1. The van der Waals surface area contributed by atoms with Crippen LogP contribution >= 0.6 is 11.6 Å². The van der Waals surface area contributed by atoms with Gasteiger partial charge in [-0.05, 0) is 81.0 Å². The molecule has 1 N–H and O–H groups in total. The predicted octanol–water partition coefficient (Wildman–Crippen LogP) is 5.71. The van der Waals surface area contributed by atoms with Crippen molar-refractivity contribution < 1.29 is 9.21 Å². The Labute approximate surface area is 200 Å². The van der Waals surface area contributed by atoms with E-state index in [1.807, 2.05) is 31.2 Å². The Morgan fingerprint density at radius 3 is 2.82 bits per heavy atom. The number of aromatic nitrogens is 1. The summed E-state index contributed by atoms with van der Waals surface area (Å²) in [6.45, 7) is 4.37. The van der Waals surface area contributed by atoms with Crippen molar-refractivity contribution in [2.24, 2.45) is 5.92 Å². The van der Waals surface area contributed by atoms with Crippen LogP contribution in [0.25, 0.3) is 11.5 Å². The average Bonchev–Trinajstić information content (AvgIpc) is 3.20. The first-order chi connectivity index (χ1) is 16.1. The van der Waals surface area contributed by atoms with Gasteiger partial charge in [0.05, 0.1) is 17.7 Å². The van der Waals surface area contributed by atoms with E-state index in [-0.39, 0.29) is 17.9 Å². The Morgan fingerprint density at radius 2 is 1.97 bits per heavy atom. The molecule has 172 valence electrons. The van der Waals surface area contributed by atoms with Gasteiger partial charge >= 0.3 is 0 Å². The van der Waals surface area contributed by atoms with Gasteiger partial charge in [0.15, 0.2) is 0 Å². The Kier molecular flexibility index (Phi) is 6.52. The number of aryl methyl sites for hydroxylation is 2. The second-order valence-electron chi connectivity index (χ2n) is 9.26. The number of oxazole rings is 1. The van der Waals surface area contributed by atoms with Crippen molar-refractivity contribution in [2.45, 2.75) is 51.6 Å². The fourth-order valence-corrected chi connectivity index (χ4v) is 5.24. The van der Waals surface area contributed by atoms with Gasteiger partial charge in [-0.1, -0.05) is 35.9 Å². The normalized spacial score (nSPS) is 20.9. The number of nitrogens with one attached hydrogen (secondary N) is 1. The zero-order valence-electron chi connectivity index (χ0n) is 19.0. The molecule has 5 nitrogen and oxygen atoms in total. The van der Waals surface area contributed by atoms with E-state index in [2.05, 4.69) is 34.5 Å². The Bertz CT molecular complexity index is 1120. The second kappa shape index (κ2) is 9.70.